The molecule has 90 valence electrons. The Kier molecular flexibility index (Phi) is 3.66. The van der Waals surface area contributed by atoms with Crippen molar-refractivity contribution in [3.63, 3.8) is 0 Å². The second kappa shape index (κ2) is 4.62. The third-order valence-corrected chi connectivity index (χ3v) is 2.59. The summed E-state index contributed by atoms with van der Waals surface area (Å²) in [6.07, 6.45) is 0. The molecule has 0 aliphatic rings. The van der Waals surface area contributed by atoms with Crippen LogP contribution < -0.4 is 14.6 Å². The Bertz CT molecular complexity index is 475. The molecule has 8 heteroatoms. The highest BCUT2D eigenvalue weighted by Gasteiger charge is 2.15. The molecule has 0 spiro atoms. The van der Waals surface area contributed by atoms with Crippen molar-refractivity contribution in [2.75, 3.05) is 7.11 Å². The molecular weight excluding hydrogens is 244 g/mol. The van der Waals surface area contributed by atoms with Crippen LogP contribution in [-0.4, -0.2) is 22.1 Å². The molecular formula is C8H9F2NO4S. The molecule has 0 saturated heterocycles. The molecule has 0 fully saturated rings. The summed E-state index contributed by atoms with van der Waals surface area (Å²) in [7, 11) is -2.73. The highest BCUT2D eigenvalue weighted by molar-refractivity contribution is 7.89. The number of sulfonamides is 1. The van der Waals surface area contributed by atoms with E-state index in [1.54, 1.807) is 0 Å². The summed E-state index contributed by atoms with van der Waals surface area (Å²) in [6.45, 7) is -3.08. The molecule has 0 radical (unpaired) electrons. The van der Waals surface area contributed by atoms with Gasteiger partial charge in [0.05, 0.1) is 12.0 Å². The maximum absolute atomic E-state index is 12.0. The van der Waals surface area contributed by atoms with Gasteiger partial charge in [-0.2, -0.15) is 8.78 Å². The summed E-state index contributed by atoms with van der Waals surface area (Å²) in [4.78, 5) is -0.330. The van der Waals surface area contributed by atoms with E-state index in [4.69, 9.17) is 9.88 Å². The highest BCUT2D eigenvalue weighted by Crippen LogP contribution is 2.30. The van der Waals surface area contributed by atoms with Gasteiger partial charge in [0.15, 0.2) is 11.5 Å². The molecule has 0 aliphatic carbocycles. The minimum Gasteiger partial charge on any atom is -0.493 e. The summed E-state index contributed by atoms with van der Waals surface area (Å²) < 4.78 is 54.8. The van der Waals surface area contributed by atoms with Crippen LogP contribution in [0.15, 0.2) is 23.1 Å². The fourth-order valence-electron chi connectivity index (χ4n) is 1.02. The molecule has 16 heavy (non-hydrogen) atoms. The quantitative estimate of drug-likeness (QED) is 0.866. The zero-order valence-corrected chi connectivity index (χ0v) is 9.00. The molecule has 0 aliphatic heterocycles. The molecule has 1 aromatic rings. The van der Waals surface area contributed by atoms with Gasteiger partial charge in [0.2, 0.25) is 10.0 Å². The molecule has 2 N–H and O–H groups in total. The number of methoxy groups -OCH3 is 1. The lowest BCUT2D eigenvalue weighted by atomic mass is 10.3. The summed E-state index contributed by atoms with van der Waals surface area (Å²) in [5, 5.41) is 4.84. The SMILES string of the molecule is COc1ccc(S(N)(=O)=O)cc1OC(F)F. The van der Waals surface area contributed by atoms with Crippen LogP contribution in [0.5, 0.6) is 11.5 Å². The molecule has 0 aromatic heterocycles. The van der Waals surface area contributed by atoms with Crippen molar-refractivity contribution in [2.24, 2.45) is 5.14 Å². The number of nitrogens with two attached hydrogens (primary N) is 1. The Morgan fingerprint density at radius 2 is 1.94 bits per heavy atom. The Hall–Kier alpha value is -1.41. The van der Waals surface area contributed by atoms with E-state index in [0.29, 0.717) is 0 Å². The van der Waals surface area contributed by atoms with Crippen LogP contribution >= 0.6 is 0 Å². The molecule has 0 atom stereocenters. The van der Waals surface area contributed by atoms with Gasteiger partial charge in [0.1, 0.15) is 0 Å². The van der Waals surface area contributed by atoms with Crippen molar-refractivity contribution < 1.29 is 26.7 Å². The Morgan fingerprint density at radius 1 is 1.31 bits per heavy atom. The largest absolute Gasteiger partial charge is 0.493 e. The molecule has 0 bridgehead atoms. The average Bonchev–Trinajstić information content (AvgIpc) is 2.15. The van der Waals surface area contributed by atoms with E-state index >= 15 is 0 Å². The number of halogens is 2. The lowest BCUT2D eigenvalue weighted by molar-refractivity contribution is -0.0513. The smallest absolute Gasteiger partial charge is 0.387 e. The van der Waals surface area contributed by atoms with Crippen molar-refractivity contribution in [3.05, 3.63) is 18.2 Å². The predicted molar refractivity (Wildman–Crippen MR) is 51.0 cm³/mol. The van der Waals surface area contributed by atoms with Crippen LogP contribution in [0.3, 0.4) is 0 Å². The van der Waals surface area contributed by atoms with Gasteiger partial charge in [-0.15, -0.1) is 0 Å². The number of ether oxygens (including phenoxy) is 2. The van der Waals surface area contributed by atoms with E-state index in [1.807, 2.05) is 0 Å². The lowest BCUT2D eigenvalue weighted by Gasteiger charge is -2.10. The van der Waals surface area contributed by atoms with Crippen LogP contribution in [0, 0.1) is 0 Å². The number of rotatable bonds is 4. The fraction of sp³-hybridized carbons (Fsp3) is 0.250. The van der Waals surface area contributed by atoms with Gasteiger partial charge in [-0.05, 0) is 12.1 Å². The minimum atomic E-state index is -3.97. The van der Waals surface area contributed by atoms with E-state index in [2.05, 4.69) is 4.74 Å². The average molecular weight is 253 g/mol. The topological polar surface area (TPSA) is 78.6 Å². The Balaban J connectivity index is 3.21. The van der Waals surface area contributed by atoms with Crippen LogP contribution in [0.2, 0.25) is 0 Å². The zero-order chi connectivity index (χ0) is 12.3. The van der Waals surface area contributed by atoms with Crippen LogP contribution in [0.1, 0.15) is 0 Å². The zero-order valence-electron chi connectivity index (χ0n) is 8.18. The first-order chi connectivity index (χ1) is 7.34. The molecule has 0 unspecified atom stereocenters. The fourth-order valence-corrected chi connectivity index (χ4v) is 1.55. The summed E-state index contributed by atoms with van der Waals surface area (Å²) in [5.74, 6) is -0.392. The van der Waals surface area contributed by atoms with Gasteiger partial charge in [-0.1, -0.05) is 0 Å². The van der Waals surface area contributed by atoms with Gasteiger partial charge in [-0.3, -0.25) is 0 Å². The van der Waals surface area contributed by atoms with Gasteiger partial charge in [0.25, 0.3) is 0 Å². The number of hydrogen-bond donors (Lipinski definition) is 1. The minimum absolute atomic E-state index is 0.00676. The molecule has 0 amide bonds. The highest BCUT2D eigenvalue weighted by atomic mass is 32.2. The monoisotopic (exact) mass is 253 g/mol. The van der Waals surface area contributed by atoms with E-state index in [9.17, 15) is 17.2 Å². The second-order valence-corrected chi connectivity index (χ2v) is 4.30. The third kappa shape index (κ3) is 3.04. The van der Waals surface area contributed by atoms with E-state index < -0.39 is 16.6 Å². The summed E-state index contributed by atoms with van der Waals surface area (Å²) in [5.41, 5.74) is 0. The van der Waals surface area contributed by atoms with Crippen molar-refractivity contribution >= 4 is 10.0 Å². The maximum atomic E-state index is 12.0. The number of alkyl halides is 2. The van der Waals surface area contributed by atoms with Gasteiger partial charge >= 0.3 is 6.61 Å². The van der Waals surface area contributed by atoms with Gasteiger partial charge in [-0.25, -0.2) is 13.6 Å². The Morgan fingerprint density at radius 3 is 2.38 bits per heavy atom. The van der Waals surface area contributed by atoms with Gasteiger partial charge < -0.3 is 9.47 Å². The molecule has 0 saturated carbocycles. The van der Waals surface area contributed by atoms with Crippen molar-refractivity contribution in [1.29, 1.82) is 0 Å². The van der Waals surface area contributed by atoms with Crippen LogP contribution in [0.4, 0.5) is 8.78 Å². The predicted octanol–water partition coefficient (Wildman–Crippen LogP) is 0.944. The Labute approximate surface area is 90.8 Å². The first kappa shape index (κ1) is 12.7. The van der Waals surface area contributed by atoms with Crippen molar-refractivity contribution in [2.45, 2.75) is 11.5 Å². The number of benzene rings is 1. The van der Waals surface area contributed by atoms with Crippen molar-refractivity contribution in [1.82, 2.24) is 0 Å². The number of primary sulfonamides is 1. The van der Waals surface area contributed by atoms with E-state index in [1.165, 1.54) is 13.2 Å². The first-order valence-corrected chi connectivity index (χ1v) is 5.55. The first-order valence-electron chi connectivity index (χ1n) is 4.00. The molecule has 5 nitrogen and oxygen atoms in total. The molecule has 1 aromatic carbocycles. The summed E-state index contributed by atoms with van der Waals surface area (Å²) in [6, 6.07) is 3.18. The normalized spacial score (nSPS) is 11.6. The van der Waals surface area contributed by atoms with E-state index in [0.717, 1.165) is 12.1 Å². The number of hydrogen-bond acceptors (Lipinski definition) is 4. The van der Waals surface area contributed by atoms with E-state index in [-0.39, 0.29) is 16.4 Å². The van der Waals surface area contributed by atoms with Crippen molar-refractivity contribution in [3.8, 4) is 11.5 Å². The maximum Gasteiger partial charge on any atom is 0.387 e. The third-order valence-electron chi connectivity index (χ3n) is 1.68. The molecule has 0 heterocycles. The molecule has 1 rings (SSSR count). The van der Waals surface area contributed by atoms with Gasteiger partial charge in [0, 0.05) is 6.07 Å². The summed E-state index contributed by atoms with van der Waals surface area (Å²) >= 11 is 0. The standard InChI is InChI=1S/C8H9F2NO4S/c1-14-6-3-2-5(16(11,12)13)4-7(6)15-8(9)10/h2-4,8H,1H3,(H2,11,12,13). The van der Waals surface area contributed by atoms with Crippen LogP contribution in [0.25, 0.3) is 0 Å². The lowest BCUT2D eigenvalue weighted by Crippen LogP contribution is -2.13. The van der Waals surface area contributed by atoms with Crippen LogP contribution in [-0.2, 0) is 10.0 Å². The second-order valence-electron chi connectivity index (χ2n) is 2.74.